The first-order valence-corrected chi connectivity index (χ1v) is 8.08. The number of nitrogens with one attached hydrogen (secondary N) is 1. The fourth-order valence-corrected chi connectivity index (χ4v) is 2.44. The lowest BCUT2D eigenvalue weighted by molar-refractivity contribution is -0.118. The highest BCUT2D eigenvalue weighted by Crippen LogP contribution is 2.16. The lowest BCUT2D eigenvalue weighted by atomic mass is 10.1. The van der Waals surface area contributed by atoms with E-state index >= 15 is 0 Å². The molecule has 0 bridgehead atoms. The molecule has 5 nitrogen and oxygen atoms in total. The van der Waals surface area contributed by atoms with Gasteiger partial charge in [0.25, 0.3) is 0 Å². The quantitative estimate of drug-likeness (QED) is 0.821. The number of benzene rings is 2. The second-order valence-electron chi connectivity index (χ2n) is 5.43. The number of rotatable bonds is 7. The van der Waals surface area contributed by atoms with Gasteiger partial charge in [0.15, 0.2) is 0 Å². The van der Waals surface area contributed by atoms with Crippen LogP contribution in [-0.2, 0) is 16.0 Å². The Bertz CT molecular complexity index is 669. The van der Waals surface area contributed by atoms with Crippen molar-refractivity contribution in [2.24, 2.45) is 5.73 Å². The average molecular weight is 325 g/mol. The van der Waals surface area contributed by atoms with Crippen molar-refractivity contribution in [1.29, 1.82) is 0 Å². The van der Waals surface area contributed by atoms with Crippen LogP contribution in [0.5, 0.6) is 0 Å². The van der Waals surface area contributed by atoms with E-state index in [1.165, 1.54) is 0 Å². The smallest absolute Gasteiger partial charge is 0.231 e. The Labute approximate surface area is 142 Å². The highest BCUT2D eigenvalue weighted by atomic mass is 16.2. The molecule has 2 aromatic rings. The Morgan fingerprint density at radius 3 is 2.29 bits per heavy atom. The maximum atomic E-state index is 12.5. The number of anilines is 2. The standard InChI is InChI=1S/C19H23N3O2/c1-2-22(17-6-4-3-5-7-17)19(24)14-15-8-10-16(11-9-15)21-18(23)12-13-20/h3-11H,2,12-14,20H2,1H3,(H,21,23). The third kappa shape index (κ3) is 4.93. The van der Waals surface area contributed by atoms with Gasteiger partial charge in [-0.05, 0) is 36.8 Å². The first kappa shape index (κ1) is 17.7. The highest BCUT2D eigenvalue weighted by molar-refractivity contribution is 5.95. The lowest BCUT2D eigenvalue weighted by Gasteiger charge is -2.21. The van der Waals surface area contributed by atoms with Crippen molar-refractivity contribution < 1.29 is 9.59 Å². The molecule has 5 heteroatoms. The highest BCUT2D eigenvalue weighted by Gasteiger charge is 2.14. The summed E-state index contributed by atoms with van der Waals surface area (Å²) in [5, 5.41) is 2.77. The Hall–Kier alpha value is -2.66. The number of nitrogens with two attached hydrogens (primary N) is 1. The summed E-state index contributed by atoms with van der Waals surface area (Å²) in [6.07, 6.45) is 0.614. The van der Waals surface area contributed by atoms with Crippen molar-refractivity contribution in [2.75, 3.05) is 23.3 Å². The largest absolute Gasteiger partial charge is 0.330 e. The minimum Gasteiger partial charge on any atom is -0.330 e. The van der Waals surface area contributed by atoms with Gasteiger partial charge in [0, 0.05) is 30.9 Å². The van der Waals surface area contributed by atoms with Crippen molar-refractivity contribution in [3.63, 3.8) is 0 Å². The normalized spacial score (nSPS) is 10.2. The predicted molar refractivity (Wildman–Crippen MR) is 96.9 cm³/mol. The number of carbonyl (C=O) groups is 2. The molecule has 0 fully saturated rings. The van der Waals surface area contributed by atoms with Crippen LogP contribution in [0.2, 0.25) is 0 Å². The van der Waals surface area contributed by atoms with E-state index < -0.39 is 0 Å². The summed E-state index contributed by atoms with van der Waals surface area (Å²) in [5.41, 5.74) is 7.86. The van der Waals surface area contributed by atoms with Crippen molar-refractivity contribution in [2.45, 2.75) is 19.8 Å². The first-order chi connectivity index (χ1) is 11.6. The topological polar surface area (TPSA) is 75.4 Å². The zero-order valence-electron chi connectivity index (χ0n) is 13.9. The number of amides is 2. The van der Waals surface area contributed by atoms with Gasteiger partial charge in [-0.15, -0.1) is 0 Å². The van der Waals surface area contributed by atoms with Crippen LogP contribution in [0.4, 0.5) is 11.4 Å². The summed E-state index contributed by atoms with van der Waals surface area (Å²) >= 11 is 0. The van der Waals surface area contributed by atoms with Crippen LogP contribution in [0.15, 0.2) is 54.6 Å². The fraction of sp³-hybridized carbons (Fsp3) is 0.263. The summed E-state index contributed by atoms with van der Waals surface area (Å²) < 4.78 is 0. The van der Waals surface area contributed by atoms with Crippen LogP contribution in [0.3, 0.4) is 0 Å². The summed E-state index contributed by atoms with van der Waals surface area (Å²) in [6.45, 7) is 2.90. The second kappa shape index (κ2) is 8.84. The minimum absolute atomic E-state index is 0.0450. The van der Waals surface area contributed by atoms with Crippen molar-refractivity contribution >= 4 is 23.2 Å². The first-order valence-electron chi connectivity index (χ1n) is 8.08. The number of likely N-dealkylation sites (N-methyl/N-ethyl adjacent to an activating group) is 1. The molecule has 2 amide bonds. The number of para-hydroxylation sites is 1. The Kier molecular flexibility index (Phi) is 6.51. The molecule has 0 unspecified atom stereocenters. The van der Waals surface area contributed by atoms with E-state index in [9.17, 15) is 9.59 Å². The van der Waals surface area contributed by atoms with E-state index in [1.807, 2.05) is 49.4 Å². The number of hydrogen-bond donors (Lipinski definition) is 2. The molecular weight excluding hydrogens is 302 g/mol. The zero-order valence-corrected chi connectivity index (χ0v) is 13.9. The van der Waals surface area contributed by atoms with E-state index in [-0.39, 0.29) is 11.8 Å². The van der Waals surface area contributed by atoms with E-state index in [0.717, 1.165) is 11.3 Å². The average Bonchev–Trinajstić information content (AvgIpc) is 2.58. The van der Waals surface area contributed by atoms with Crippen LogP contribution in [0.1, 0.15) is 18.9 Å². The van der Waals surface area contributed by atoms with Crippen molar-refractivity contribution in [3.05, 3.63) is 60.2 Å². The molecule has 0 atom stereocenters. The third-order valence-electron chi connectivity index (χ3n) is 3.65. The summed E-state index contributed by atoms with van der Waals surface area (Å²) in [6, 6.07) is 16.9. The predicted octanol–water partition coefficient (Wildman–Crippen LogP) is 2.57. The van der Waals surface area contributed by atoms with E-state index in [1.54, 1.807) is 17.0 Å². The third-order valence-corrected chi connectivity index (χ3v) is 3.65. The summed E-state index contributed by atoms with van der Waals surface area (Å²) in [7, 11) is 0. The number of nitrogens with zero attached hydrogens (tertiary/aromatic N) is 1. The molecule has 0 spiro atoms. The van der Waals surface area contributed by atoms with Crippen LogP contribution in [0, 0.1) is 0 Å². The number of carbonyl (C=O) groups excluding carboxylic acids is 2. The Morgan fingerprint density at radius 2 is 1.71 bits per heavy atom. The Morgan fingerprint density at radius 1 is 1.04 bits per heavy atom. The van der Waals surface area contributed by atoms with Crippen molar-refractivity contribution in [1.82, 2.24) is 0 Å². The van der Waals surface area contributed by atoms with E-state index in [0.29, 0.717) is 31.6 Å². The maximum absolute atomic E-state index is 12.5. The molecule has 0 heterocycles. The molecule has 0 aliphatic carbocycles. The van der Waals surface area contributed by atoms with E-state index in [2.05, 4.69) is 5.32 Å². The SMILES string of the molecule is CCN(C(=O)Cc1ccc(NC(=O)CCN)cc1)c1ccccc1. The van der Waals surface area contributed by atoms with Crippen LogP contribution in [-0.4, -0.2) is 24.9 Å². The van der Waals surface area contributed by atoms with Gasteiger partial charge in [-0.3, -0.25) is 9.59 Å². The van der Waals surface area contributed by atoms with Gasteiger partial charge in [0.05, 0.1) is 6.42 Å². The molecule has 0 saturated heterocycles. The van der Waals surface area contributed by atoms with Gasteiger partial charge >= 0.3 is 0 Å². The van der Waals surface area contributed by atoms with E-state index in [4.69, 9.17) is 5.73 Å². The van der Waals surface area contributed by atoms with Gasteiger partial charge in [-0.25, -0.2) is 0 Å². The molecule has 0 aliphatic rings. The van der Waals surface area contributed by atoms with Crippen LogP contribution < -0.4 is 16.0 Å². The molecule has 3 N–H and O–H groups in total. The minimum atomic E-state index is -0.109. The molecule has 126 valence electrons. The molecule has 0 radical (unpaired) electrons. The lowest BCUT2D eigenvalue weighted by Crippen LogP contribution is -2.31. The zero-order chi connectivity index (χ0) is 17.4. The second-order valence-corrected chi connectivity index (χ2v) is 5.43. The fourth-order valence-electron chi connectivity index (χ4n) is 2.44. The van der Waals surface area contributed by atoms with Crippen LogP contribution >= 0.6 is 0 Å². The molecule has 24 heavy (non-hydrogen) atoms. The van der Waals surface area contributed by atoms with Gasteiger partial charge in [-0.1, -0.05) is 30.3 Å². The molecule has 2 aromatic carbocycles. The van der Waals surface area contributed by atoms with Gasteiger partial charge in [-0.2, -0.15) is 0 Å². The Balaban J connectivity index is 1.99. The van der Waals surface area contributed by atoms with Gasteiger partial charge in [0.2, 0.25) is 11.8 Å². The monoisotopic (exact) mass is 325 g/mol. The molecule has 0 saturated carbocycles. The summed E-state index contributed by atoms with van der Waals surface area (Å²) in [5.74, 6) is -0.0637. The molecule has 0 aliphatic heterocycles. The molecule has 2 rings (SSSR count). The maximum Gasteiger partial charge on any atom is 0.231 e. The van der Waals surface area contributed by atoms with Crippen LogP contribution in [0.25, 0.3) is 0 Å². The van der Waals surface area contributed by atoms with Crippen molar-refractivity contribution in [3.8, 4) is 0 Å². The number of hydrogen-bond acceptors (Lipinski definition) is 3. The van der Waals surface area contributed by atoms with Gasteiger partial charge in [0.1, 0.15) is 0 Å². The molecular formula is C19H23N3O2. The summed E-state index contributed by atoms with van der Waals surface area (Å²) in [4.78, 5) is 25.8. The van der Waals surface area contributed by atoms with Gasteiger partial charge < -0.3 is 16.0 Å². The molecule has 0 aromatic heterocycles.